The molecule has 146 valence electrons. The van der Waals surface area contributed by atoms with Crippen molar-refractivity contribution in [2.45, 2.75) is 17.7 Å². The Morgan fingerprint density at radius 3 is 2.26 bits per heavy atom. The molecule has 0 aliphatic carbocycles. The fourth-order valence-corrected chi connectivity index (χ4v) is 3.77. The van der Waals surface area contributed by atoms with Gasteiger partial charge in [0.1, 0.15) is 9.84 Å². The number of sulfone groups is 1. The smallest absolute Gasteiger partial charge is 0.263 e. The number of anilines is 2. The van der Waals surface area contributed by atoms with Crippen LogP contribution in [0, 0.1) is 0 Å². The minimum absolute atomic E-state index is 0.0163. The number of rotatable bonds is 8. The van der Waals surface area contributed by atoms with Crippen molar-refractivity contribution < 1.29 is 21.6 Å². The van der Waals surface area contributed by atoms with Crippen LogP contribution < -0.4 is 10.0 Å². The number of carbonyl (C=O) groups is 1. The molecule has 2 rings (SSSR count). The van der Waals surface area contributed by atoms with Crippen molar-refractivity contribution in [2.24, 2.45) is 0 Å². The Morgan fingerprint density at radius 2 is 1.70 bits per heavy atom. The van der Waals surface area contributed by atoms with Crippen LogP contribution in [-0.2, 0) is 24.7 Å². The molecule has 0 atom stereocenters. The molecule has 9 nitrogen and oxygen atoms in total. The summed E-state index contributed by atoms with van der Waals surface area (Å²) in [7, 11) is -6.99. The summed E-state index contributed by atoms with van der Waals surface area (Å²) >= 11 is 5.60. The number of halogens is 1. The molecule has 0 bridgehead atoms. The Labute approximate surface area is 162 Å². The predicted octanol–water partition coefficient (Wildman–Crippen LogP) is 1.69. The Kier molecular flexibility index (Phi) is 6.73. The molecular formula is C15H17ClN4O5S2. The summed E-state index contributed by atoms with van der Waals surface area (Å²) in [6, 6.07) is 8.26. The third-order valence-corrected chi connectivity index (χ3v) is 5.84. The molecule has 0 fully saturated rings. The third-order valence-electron chi connectivity index (χ3n) is 3.24. The van der Waals surface area contributed by atoms with Gasteiger partial charge in [-0.25, -0.2) is 16.8 Å². The average Bonchev–Trinajstić information content (AvgIpc) is 2.56. The zero-order chi connectivity index (χ0) is 20.1. The predicted molar refractivity (Wildman–Crippen MR) is 102 cm³/mol. The van der Waals surface area contributed by atoms with Crippen LogP contribution in [-0.4, -0.2) is 44.9 Å². The van der Waals surface area contributed by atoms with E-state index in [1.54, 1.807) is 0 Å². The van der Waals surface area contributed by atoms with E-state index < -0.39 is 19.9 Å². The fourth-order valence-electron chi connectivity index (χ4n) is 2.00. The monoisotopic (exact) mass is 432 g/mol. The van der Waals surface area contributed by atoms with Gasteiger partial charge in [-0.1, -0.05) is 11.6 Å². The number of hydrogen-bond donors (Lipinski definition) is 2. The van der Waals surface area contributed by atoms with Gasteiger partial charge in [0.25, 0.3) is 10.0 Å². The molecule has 1 amide bonds. The van der Waals surface area contributed by atoms with Crippen LogP contribution in [0.25, 0.3) is 0 Å². The summed E-state index contributed by atoms with van der Waals surface area (Å²) in [5.41, 5.74) is 0.393. The maximum Gasteiger partial charge on any atom is 0.263 e. The SMILES string of the molecule is CS(=O)(=O)CCCC(=O)Nc1ccc(S(=O)(=O)Nc2ccc(Cl)nn2)cc1. The zero-order valence-electron chi connectivity index (χ0n) is 14.2. The first-order valence-electron chi connectivity index (χ1n) is 7.65. The fraction of sp³-hybridized carbons (Fsp3) is 0.267. The molecule has 27 heavy (non-hydrogen) atoms. The number of aromatic nitrogens is 2. The van der Waals surface area contributed by atoms with Crippen LogP contribution >= 0.6 is 11.6 Å². The molecular weight excluding hydrogens is 416 g/mol. The van der Waals surface area contributed by atoms with Gasteiger partial charge in [-0.05, 0) is 42.8 Å². The average molecular weight is 433 g/mol. The molecule has 1 aromatic carbocycles. The van der Waals surface area contributed by atoms with Gasteiger partial charge in [-0.15, -0.1) is 10.2 Å². The first-order valence-corrected chi connectivity index (χ1v) is 11.6. The Hall–Kier alpha value is -2.24. The van der Waals surface area contributed by atoms with Gasteiger partial charge in [-0.2, -0.15) is 0 Å². The van der Waals surface area contributed by atoms with Crippen LogP contribution in [0.1, 0.15) is 12.8 Å². The zero-order valence-corrected chi connectivity index (χ0v) is 16.6. The molecule has 0 unspecified atom stereocenters. The number of sulfonamides is 1. The van der Waals surface area contributed by atoms with E-state index in [1.165, 1.54) is 36.4 Å². The summed E-state index contributed by atoms with van der Waals surface area (Å²) in [6.07, 6.45) is 1.36. The van der Waals surface area contributed by atoms with Gasteiger partial charge in [0.05, 0.1) is 10.6 Å². The van der Waals surface area contributed by atoms with E-state index in [2.05, 4.69) is 20.2 Å². The molecule has 2 aromatic rings. The van der Waals surface area contributed by atoms with Crippen molar-refractivity contribution in [3.05, 3.63) is 41.6 Å². The largest absolute Gasteiger partial charge is 0.326 e. The summed E-state index contributed by atoms with van der Waals surface area (Å²) in [5.74, 6) is -0.414. The highest BCUT2D eigenvalue weighted by Gasteiger charge is 2.15. The number of amides is 1. The third kappa shape index (κ3) is 7.12. The first-order chi connectivity index (χ1) is 12.5. The van der Waals surface area contributed by atoms with Crippen molar-refractivity contribution >= 4 is 48.9 Å². The lowest BCUT2D eigenvalue weighted by Crippen LogP contribution is -2.15. The maximum atomic E-state index is 12.3. The Balaban J connectivity index is 1.97. The van der Waals surface area contributed by atoms with Gasteiger partial charge < -0.3 is 5.32 Å². The van der Waals surface area contributed by atoms with Crippen molar-refractivity contribution in [1.82, 2.24) is 10.2 Å². The second-order valence-electron chi connectivity index (χ2n) is 5.65. The summed E-state index contributed by atoms with van der Waals surface area (Å²) in [4.78, 5) is 11.8. The molecule has 1 heterocycles. The van der Waals surface area contributed by atoms with E-state index >= 15 is 0 Å². The van der Waals surface area contributed by atoms with Crippen molar-refractivity contribution in [3.8, 4) is 0 Å². The van der Waals surface area contributed by atoms with E-state index in [0.717, 1.165) is 6.26 Å². The second-order valence-corrected chi connectivity index (χ2v) is 9.98. The summed E-state index contributed by atoms with van der Waals surface area (Å²) in [5, 5.41) is 9.88. The molecule has 0 spiro atoms. The Morgan fingerprint density at radius 1 is 1.04 bits per heavy atom. The molecule has 0 radical (unpaired) electrons. The minimum Gasteiger partial charge on any atom is -0.326 e. The number of hydrogen-bond acceptors (Lipinski definition) is 7. The number of nitrogens with one attached hydrogen (secondary N) is 2. The normalized spacial score (nSPS) is 11.8. The maximum absolute atomic E-state index is 12.3. The van der Waals surface area contributed by atoms with Crippen molar-refractivity contribution in [1.29, 1.82) is 0 Å². The quantitative estimate of drug-likeness (QED) is 0.647. The van der Waals surface area contributed by atoms with Crippen LogP contribution in [0.2, 0.25) is 5.15 Å². The molecule has 0 aliphatic rings. The van der Waals surface area contributed by atoms with Gasteiger partial charge in [0.2, 0.25) is 5.91 Å². The molecule has 0 saturated carbocycles. The van der Waals surface area contributed by atoms with Crippen LogP contribution in [0.5, 0.6) is 0 Å². The highest BCUT2D eigenvalue weighted by atomic mass is 35.5. The van der Waals surface area contributed by atoms with Gasteiger partial charge in [0.15, 0.2) is 11.0 Å². The number of benzene rings is 1. The van der Waals surface area contributed by atoms with Gasteiger partial charge in [-0.3, -0.25) is 9.52 Å². The van der Waals surface area contributed by atoms with Gasteiger partial charge >= 0.3 is 0 Å². The first kappa shape index (κ1) is 21.1. The lowest BCUT2D eigenvalue weighted by molar-refractivity contribution is -0.116. The van der Waals surface area contributed by atoms with E-state index in [0.29, 0.717) is 5.69 Å². The number of carbonyl (C=O) groups excluding carboxylic acids is 1. The van der Waals surface area contributed by atoms with E-state index in [-0.39, 0.29) is 40.4 Å². The van der Waals surface area contributed by atoms with Crippen LogP contribution in [0.15, 0.2) is 41.3 Å². The Bertz CT molecular complexity index is 1010. The summed E-state index contributed by atoms with van der Waals surface area (Å²) < 4.78 is 48.9. The molecule has 1 aromatic heterocycles. The van der Waals surface area contributed by atoms with E-state index in [1.807, 2.05) is 0 Å². The van der Waals surface area contributed by atoms with Crippen LogP contribution in [0.3, 0.4) is 0 Å². The van der Waals surface area contributed by atoms with E-state index in [4.69, 9.17) is 11.6 Å². The standard InChI is InChI=1S/C15H17ClN4O5S2/c1-26(22,23)10-2-3-15(21)17-11-4-6-12(7-5-11)27(24,25)20-14-9-8-13(16)18-19-14/h4-9H,2-3,10H2,1H3,(H,17,21)(H,19,20). The topological polar surface area (TPSA) is 135 Å². The summed E-state index contributed by atoms with van der Waals surface area (Å²) in [6.45, 7) is 0. The molecule has 2 N–H and O–H groups in total. The van der Waals surface area contributed by atoms with E-state index in [9.17, 15) is 21.6 Å². The lowest BCUT2D eigenvalue weighted by Gasteiger charge is -2.09. The number of nitrogens with zero attached hydrogens (tertiary/aromatic N) is 2. The highest BCUT2D eigenvalue weighted by molar-refractivity contribution is 7.92. The van der Waals surface area contributed by atoms with Crippen molar-refractivity contribution in [3.63, 3.8) is 0 Å². The molecule has 0 saturated heterocycles. The molecule has 12 heteroatoms. The van der Waals surface area contributed by atoms with Crippen molar-refractivity contribution in [2.75, 3.05) is 22.0 Å². The lowest BCUT2D eigenvalue weighted by atomic mass is 10.3. The van der Waals surface area contributed by atoms with Crippen LogP contribution in [0.4, 0.5) is 11.5 Å². The second kappa shape index (κ2) is 8.63. The highest BCUT2D eigenvalue weighted by Crippen LogP contribution is 2.17. The minimum atomic E-state index is -3.88. The molecule has 0 aliphatic heterocycles. The van der Waals surface area contributed by atoms with Gasteiger partial charge in [0, 0.05) is 18.4 Å².